The van der Waals surface area contributed by atoms with Crippen LogP contribution in [-0.4, -0.2) is 12.3 Å². The predicted molar refractivity (Wildman–Crippen MR) is 82.0 cm³/mol. The first-order chi connectivity index (χ1) is 9.65. The third-order valence-electron chi connectivity index (χ3n) is 3.95. The van der Waals surface area contributed by atoms with Crippen LogP contribution in [-0.2, 0) is 0 Å². The minimum atomic E-state index is 0.0936. The zero-order valence-electron chi connectivity index (χ0n) is 12.3. The largest absolute Gasteiger partial charge is 0.453 e. The zero-order valence-corrected chi connectivity index (χ0v) is 12.3. The van der Waals surface area contributed by atoms with Crippen LogP contribution in [0.15, 0.2) is 28.7 Å². The summed E-state index contributed by atoms with van der Waals surface area (Å²) in [6, 6.07) is 7.81. The highest BCUT2D eigenvalue weighted by atomic mass is 16.3. The molecule has 0 saturated heterocycles. The van der Waals surface area contributed by atoms with Crippen LogP contribution in [0.3, 0.4) is 0 Å². The molecule has 20 heavy (non-hydrogen) atoms. The van der Waals surface area contributed by atoms with E-state index in [2.05, 4.69) is 6.92 Å². The number of nitrogens with two attached hydrogens (primary N) is 1. The van der Waals surface area contributed by atoms with Crippen LogP contribution in [0.25, 0.3) is 11.0 Å². The van der Waals surface area contributed by atoms with Gasteiger partial charge in [0.05, 0.1) is 0 Å². The number of carbonyl (C=O) groups is 1. The van der Waals surface area contributed by atoms with E-state index in [9.17, 15) is 4.79 Å². The Labute approximate surface area is 120 Å². The van der Waals surface area contributed by atoms with Crippen molar-refractivity contribution in [1.82, 2.24) is 0 Å². The molecular formula is C17H23NO2. The van der Waals surface area contributed by atoms with Crippen LogP contribution in [0.2, 0.25) is 0 Å². The molecule has 108 valence electrons. The number of carbonyl (C=O) groups excluding carboxylic acids is 1. The number of rotatable bonds is 7. The van der Waals surface area contributed by atoms with Gasteiger partial charge in [0, 0.05) is 11.8 Å². The molecule has 3 nitrogen and oxygen atoms in total. The van der Waals surface area contributed by atoms with Crippen LogP contribution >= 0.6 is 0 Å². The topological polar surface area (TPSA) is 56.2 Å². The van der Waals surface area contributed by atoms with Gasteiger partial charge in [-0.15, -0.1) is 0 Å². The van der Waals surface area contributed by atoms with Gasteiger partial charge in [0.15, 0.2) is 11.5 Å². The SMILES string of the molecule is CCC(CCN)CCC(=O)c1cc2cccc(C)c2o1. The summed E-state index contributed by atoms with van der Waals surface area (Å²) in [5.74, 6) is 1.11. The molecule has 2 N–H and O–H groups in total. The second-order valence-corrected chi connectivity index (χ2v) is 5.42. The number of hydrogen-bond donors (Lipinski definition) is 1. The lowest BCUT2D eigenvalue weighted by Gasteiger charge is -2.11. The van der Waals surface area contributed by atoms with Crippen LogP contribution in [0, 0.1) is 12.8 Å². The Morgan fingerprint density at radius 2 is 2.15 bits per heavy atom. The zero-order chi connectivity index (χ0) is 14.5. The van der Waals surface area contributed by atoms with Crippen LogP contribution in [0.4, 0.5) is 0 Å². The first-order valence-electron chi connectivity index (χ1n) is 7.38. The van der Waals surface area contributed by atoms with Gasteiger partial charge in [-0.1, -0.05) is 31.5 Å². The van der Waals surface area contributed by atoms with Crippen LogP contribution < -0.4 is 5.73 Å². The highest BCUT2D eigenvalue weighted by Gasteiger charge is 2.15. The molecule has 0 aliphatic carbocycles. The molecule has 0 radical (unpaired) electrons. The van der Waals surface area contributed by atoms with E-state index in [0.29, 0.717) is 24.6 Å². The van der Waals surface area contributed by atoms with Crippen LogP contribution in [0.1, 0.15) is 48.7 Å². The third kappa shape index (κ3) is 3.28. The lowest BCUT2D eigenvalue weighted by atomic mass is 9.95. The molecule has 2 rings (SSSR count). The number of hydrogen-bond acceptors (Lipinski definition) is 3. The summed E-state index contributed by atoms with van der Waals surface area (Å²) in [4.78, 5) is 12.2. The number of Topliss-reactive ketones (excluding diaryl/α,β-unsaturated/α-hetero) is 1. The maximum atomic E-state index is 12.2. The summed E-state index contributed by atoms with van der Waals surface area (Å²) < 4.78 is 5.71. The molecule has 1 atom stereocenters. The Balaban J connectivity index is 2.06. The van der Waals surface area contributed by atoms with E-state index >= 15 is 0 Å². The molecule has 2 aromatic rings. The fourth-order valence-electron chi connectivity index (χ4n) is 2.59. The lowest BCUT2D eigenvalue weighted by Crippen LogP contribution is -2.10. The molecule has 1 heterocycles. The van der Waals surface area contributed by atoms with E-state index in [-0.39, 0.29) is 5.78 Å². The standard InChI is InChI=1S/C17H23NO2/c1-3-13(9-10-18)7-8-15(19)16-11-14-6-4-5-12(2)17(14)20-16/h4-6,11,13H,3,7-10,18H2,1-2H3. The highest BCUT2D eigenvalue weighted by molar-refractivity contribution is 5.98. The maximum Gasteiger partial charge on any atom is 0.198 e. The first-order valence-corrected chi connectivity index (χ1v) is 7.38. The molecule has 0 spiro atoms. The Morgan fingerprint density at radius 1 is 1.35 bits per heavy atom. The van der Waals surface area contributed by atoms with Crippen molar-refractivity contribution in [2.45, 2.75) is 39.5 Å². The minimum absolute atomic E-state index is 0.0936. The number of benzene rings is 1. The molecule has 1 unspecified atom stereocenters. The maximum absolute atomic E-state index is 12.2. The van der Waals surface area contributed by atoms with Crippen molar-refractivity contribution in [2.75, 3.05) is 6.54 Å². The summed E-state index contributed by atoms with van der Waals surface area (Å²) in [7, 11) is 0. The average Bonchev–Trinajstić information content (AvgIpc) is 2.88. The molecule has 0 aliphatic heterocycles. The van der Waals surface area contributed by atoms with Gasteiger partial charge in [0.1, 0.15) is 5.58 Å². The highest BCUT2D eigenvalue weighted by Crippen LogP contribution is 2.24. The van der Waals surface area contributed by atoms with Crippen molar-refractivity contribution in [3.05, 3.63) is 35.6 Å². The molecular weight excluding hydrogens is 250 g/mol. The monoisotopic (exact) mass is 273 g/mol. The van der Waals surface area contributed by atoms with Gasteiger partial charge >= 0.3 is 0 Å². The first kappa shape index (κ1) is 14.8. The van der Waals surface area contributed by atoms with Crippen LogP contribution in [0.5, 0.6) is 0 Å². The average molecular weight is 273 g/mol. The second kappa shape index (κ2) is 6.71. The van der Waals surface area contributed by atoms with Gasteiger partial charge in [-0.25, -0.2) is 0 Å². The Hall–Kier alpha value is -1.61. The minimum Gasteiger partial charge on any atom is -0.453 e. The molecule has 1 aromatic carbocycles. The molecule has 0 saturated carbocycles. The van der Waals surface area contributed by atoms with Crippen molar-refractivity contribution in [3.8, 4) is 0 Å². The Bertz CT molecular complexity index is 586. The summed E-state index contributed by atoms with van der Waals surface area (Å²) in [5, 5.41) is 1.00. The van der Waals surface area contributed by atoms with E-state index in [4.69, 9.17) is 10.2 Å². The fourth-order valence-corrected chi connectivity index (χ4v) is 2.59. The van der Waals surface area contributed by atoms with Crippen molar-refractivity contribution in [3.63, 3.8) is 0 Å². The summed E-state index contributed by atoms with van der Waals surface area (Å²) in [6.07, 6.45) is 3.49. The normalized spacial score (nSPS) is 12.8. The number of fused-ring (bicyclic) bond motifs is 1. The van der Waals surface area contributed by atoms with E-state index in [1.165, 1.54) is 0 Å². The molecule has 0 amide bonds. The van der Waals surface area contributed by atoms with Gasteiger partial charge in [0.2, 0.25) is 0 Å². The quantitative estimate of drug-likeness (QED) is 0.773. The molecule has 0 aliphatic rings. The third-order valence-corrected chi connectivity index (χ3v) is 3.95. The molecule has 0 fully saturated rings. The van der Waals surface area contributed by atoms with E-state index in [1.54, 1.807) is 0 Å². The van der Waals surface area contributed by atoms with E-state index < -0.39 is 0 Å². The van der Waals surface area contributed by atoms with Crippen molar-refractivity contribution in [1.29, 1.82) is 0 Å². The summed E-state index contributed by atoms with van der Waals surface area (Å²) in [5.41, 5.74) is 7.48. The number of ketones is 1. The molecule has 3 heteroatoms. The number of furan rings is 1. The Morgan fingerprint density at radius 3 is 2.80 bits per heavy atom. The second-order valence-electron chi connectivity index (χ2n) is 5.42. The van der Waals surface area contributed by atoms with Crippen molar-refractivity contribution in [2.24, 2.45) is 11.7 Å². The van der Waals surface area contributed by atoms with Gasteiger partial charge in [-0.3, -0.25) is 4.79 Å². The number of aryl methyl sites for hydroxylation is 1. The van der Waals surface area contributed by atoms with Gasteiger partial charge in [-0.2, -0.15) is 0 Å². The number of para-hydroxylation sites is 1. The lowest BCUT2D eigenvalue weighted by molar-refractivity contribution is 0.0948. The van der Waals surface area contributed by atoms with Crippen molar-refractivity contribution < 1.29 is 9.21 Å². The summed E-state index contributed by atoms with van der Waals surface area (Å²) in [6.45, 7) is 4.83. The van der Waals surface area contributed by atoms with E-state index in [0.717, 1.165) is 35.8 Å². The molecule has 0 bridgehead atoms. The fraction of sp³-hybridized carbons (Fsp3) is 0.471. The molecule has 1 aromatic heterocycles. The van der Waals surface area contributed by atoms with Gasteiger partial charge in [0.25, 0.3) is 0 Å². The van der Waals surface area contributed by atoms with E-state index in [1.807, 2.05) is 31.2 Å². The summed E-state index contributed by atoms with van der Waals surface area (Å²) >= 11 is 0. The van der Waals surface area contributed by atoms with Crippen molar-refractivity contribution >= 4 is 16.8 Å². The van der Waals surface area contributed by atoms with Gasteiger partial charge < -0.3 is 10.2 Å². The smallest absolute Gasteiger partial charge is 0.198 e. The van der Waals surface area contributed by atoms with Gasteiger partial charge in [-0.05, 0) is 43.9 Å². The predicted octanol–water partition coefficient (Wildman–Crippen LogP) is 4.08. The Kier molecular flexibility index (Phi) is 4.96.